The van der Waals surface area contributed by atoms with E-state index < -0.39 is 11.9 Å². The second-order valence-corrected chi connectivity index (χ2v) is 6.36. The molecule has 0 bridgehead atoms. The van der Waals surface area contributed by atoms with Crippen molar-refractivity contribution in [2.75, 3.05) is 7.05 Å². The van der Waals surface area contributed by atoms with Crippen molar-refractivity contribution in [3.8, 4) is 0 Å². The lowest BCUT2D eigenvalue weighted by molar-refractivity contribution is -0.151. The van der Waals surface area contributed by atoms with Crippen LogP contribution in [0.2, 0.25) is 0 Å². The summed E-state index contributed by atoms with van der Waals surface area (Å²) < 4.78 is 0. The van der Waals surface area contributed by atoms with Crippen molar-refractivity contribution in [2.24, 2.45) is 17.8 Å². The van der Waals surface area contributed by atoms with Crippen LogP contribution in [-0.4, -0.2) is 35.0 Å². The second kappa shape index (κ2) is 6.42. The fourth-order valence-corrected chi connectivity index (χ4v) is 3.43. The van der Waals surface area contributed by atoms with Gasteiger partial charge >= 0.3 is 5.97 Å². The molecule has 112 valence electrons. The summed E-state index contributed by atoms with van der Waals surface area (Å²) in [6, 6.07) is 0.291. The molecule has 0 aromatic rings. The smallest absolute Gasteiger partial charge is 0.307 e. The average molecular weight is 279 g/mol. The van der Waals surface area contributed by atoms with Gasteiger partial charge in [0, 0.05) is 13.1 Å². The van der Waals surface area contributed by atoms with Gasteiger partial charge in [-0.2, -0.15) is 0 Å². The molecule has 0 aliphatic heterocycles. The Balaban J connectivity index is 2.02. The van der Waals surface area contributed by atoms with Crippen LogP contribution in [-0.2, 0) is 9.59 Å². The van der Waals surface area contributed by atoms with Crippen molar-refractivity contribution in [1.29, 1.82) is 0 Å². The first-order chi connectivity index (χ1) is 9.50. The van der Waals surface area contributed by atoms with Crippen molar-refractivity contribution < 1.29 is 14.7 Å². The Kier molecular flexibility index (Phi) is 4.84. The summed E-state index contributed by atoms with van der Waals surface area (Å²) in [6.07, 6.45) is 9.27. The summed E-state index contributed by atoms with van der Waals surface area (Å²) >= 11 is 0. The van der Waals surface area contributed by atoms with Gasteiger partial charge in [-0.05, 0) is 44.4 Å². The molecule has 1 amide bonds. The van der Waals surface area contributed by atoms with Crippen molar-refractivity contribution in [3.05, 3.63) is 12.2 Å². The number of carboxylic acid groups (broad SMARTS) is 1. The molecule has 0 radical (unpaired) electrons. The van der Waals surface area contributed by atoms with Crippen LogP contribution in [0, 0.1) is 17.8 Å². The number of carbonyl (C=O) groups excluding carboxylic acids is 1. The maximum atomic E-state index is 12.6. The molecule has 0 unspecified atom stereocenters. The van der Waals surface area contributed by atoms with Gasteiger partial charge in [0.15, 0.2) is 0 Å². The molecule has 2 aliphatic carbocycles. The molecule has 4 nitrogen and oxygen atoms in total. The molecule has 2 aliphatic rings. The number of carboxylic acids is 1. The van der Waals surface area contributed by atoms with Crippen LogP contribution in [0.5, 0.6) is 0 Å². The molecule has 1 fully saturated rings. The topological polar surface area (TPSA) is 57.6 Å². The molecule has 0 spiro atoms. The highest BCUT2D eigenvalue weighted by atomic mass is 16.4. The fraction of sp³-hybridized carbons (Fsp3) is 0.750. The molecule has 2 atom stereocenters. The summed E-state index contributed by atoms with van der Waals surface area (Å²) in [5, 5.41) is 9.28. The second-order valence-electron chi connectivity index (χ2n) is 6.36. The van der Waals surface area contributed by atoms with E-state index in [-0.39, 0.29) is 11.8 Å². The number of hydrogen-bond donors (Lipinski definition) is 1. The van der Waals surface area contributed by atoms with Gasteiger partial charge in [-0.15, -0.1) is 0 Å². The molecule has 0 aromatic carbocycles. The van der Waals surface area contributed by atoms with Crippen LogP contribution in [0.4, 0.5) is 0 Å². The monoisotopic (exact) mass is 279 g/mol. The van der Waals surface area contributed by atoms with E-state index in [0.29, 0.717) is 18.9 Å². The van der Waals surface area contributed by atoms with Crippen LogP contribution in [0.3, 0.4) is 0 Å². The average Bonchev–Trinajstić information content (AvgIpc) is 2.46. The number of amides is 1. The van der Waals surface area contributed by atoms with Gasteiger partial charge < -0.3 is 10.0 Å². The summed E-state index contributed by atoms with van der Waals surface area (Å²) in [5.41, 5.74) is 0. The van der Waals surface area contributed by atoms with Crippen molar-refractivity contribution in [3.63, 3.8) is 0 Å². The lowest BCUT2D eigenvalue weighted by Crippen LogP contribution is -2.45. The highest BCUT2D eigenvalue weighted by Crippen LogP contribution is 2.31. The van der Waals surface area contributed by atoms with E-state index in [4.69, 9.17) is 0 Å². The zero-order valence-corrected chi connectivity index (χ0v) is 12.4. The quantitative estimate of drug-likeness (QED) is 0.808. The Bertz CT molecular complexity index is 397. The Morgan fingerprint density at radius 3 is 2.15 bits per heavy atom. The van der Waals surface area contributed by atoms with Gasteiger partial charge in [-0.25, -0.2) is 0 Å². The first-order valence-corrected chi connectivity index (χ1v) is 7.65. The summed E-state index contributed by atoms with van der Waals surface area (Å²) in [7, 11) is 1.85. The number of aliphatic carboxylic acids is 1. The third-order valence-corrected chi connectivity index (χ3v) is 4.95. The number of hydrogen-bond acceptors (Lipinski definition) is 2. The van der Waals surface area contributed by atoms with Crippen LogP contribution in [0.25, 0.3) is 0 Å². The number of rotatable bonds is 3. The predicted octanol–water partition coefficient (Wildman–Crippen LogP) is 2.69. The summed E-state index contributed by atoms with van der Waals surface area (Å²) in [6.45, 7) is 2.25. The standard InChI is InChI=1S/C16H25NO3/c1-11-7-9-12(10-8-11)17(2)15(18)13-5-3-4-6-14(13)16(19)20/h3-4,11-14H,5-10H2,1-2H3,(H,19,20)/t11?,12?,13-,14+/m1/s1. The van der Waals surface area contributed by atoms with Gasteiger partial charge in [-0.1, -0.05) is 19.1 Å². The van der Waals surface area contributed by atoms with E-state index in [1.54, 1.807) is 0 Å². The summed E-state index contributed by atoms with van der Waals surface area (Å²) in [4.78, 5) is 25.8. The molecular weight excluding hydrogens is 254 g/mol. The van der Waals surface area contributed by atoms with E-state index in [1.165, 1.54) is 0 Å². The molecular formula is C16H25NO3. The van der Waals surface area contributed by atoms with Crippen LogP contribution < -0.4 is 0 Å². The molecule has 0 aromatic heterocycles. The maximum absolute atomic E-state index is 12.6. The Hall–Kier alpha value is -1.32. The summed E-state index contributed by atoms with van der Waals surface area (Å²) in [5.74, 6) is -1.03. The molecule has 0 saturated heterocycles. The molecule has 1 N–H and O–H groups in total. The molecule has 0 heterocycles. The van der Waals surface area contributed by atoms with Gasteiger partial charge in [-0.3, -0.25) is 9.59 Å². The number of carbonyl (C=O) groups is 2. The first-order valence-electron chi connectivity index (χ1n) is 7.65. The Morgan fingerprint density at radius 2 is 1.60 bits per heavy atom. The maximum Gasteiger partial charge on any atom is 0.307 e. The minimum atomic E-state index is -0.849. The first kappa shape index (κ1) is 15.1. The zero-order valence-electron chi connectivity index (χ0n) is 12.4. The van der Waals surface area contributed by atoms with E-state index in [9.17, 15) is 14.7 Å². The highest BCUT2D eigenvalue weighted by molar-refractivity contribution is 5.85. The van der Waals surface area contributed by atoms with E-state index in [1.807, 2.05) is 24.1 Å². The van der Waals surface area contributed by atoms with Crippen LogP contribution >= 0.6 is 0 Å². The van der Waals surface area contributed by atoms with Gasteiger partial charge in [0.2, 0.25) is 5.91 Å². The van der Waals surface area contributed by atoms with Gasteiger partial charge in [0.25, 0.3) is 0 Å². The third kappa shape index (κ3) is 3.22. The fourth-order valence-electron chi connectivity index (χ4n) is 3.43. The Labute approximate surface area is 120 Å². The lowest BCUT2D eigenvalue weighted by atomic mass is 9.81. The molecule has 20 heavy (non-hydrogen) atoms. The van der Waals surface area contributed by atoms with Crippen molar-refractivity contribution in [1.82, 2.24) is 4.90 Å². The highest BCUT2D eigenvalue weighted by Gasteiger charge is 2.37. The largest absolute Gasteiger partial charge is 0.481 e. The normalized spacial score (nSPS) is 33.7. The third-order valence-electron chi connectivity index (χ3n) is 4.95. The van der Waals surface area contributed by atoms with Crippen LogP contribution in [0.15, 0.2) is 12.2 Å². The van der Waals surface area contributed by atoms with E-state index in [2.05, 4.69) is 6.92 Å². The minimum absolute atomic E-state index is 0.0151. The van der Waals surface area contributed by atoms with Crippen LogP contribution in [0.1, 0.15) is 45.4 Å². The van der Waals surface area contributed by atoms with E-state index in [0.717, 1.165) is 31.6 Å². The Morgan fingerprint density at radius 1 is 1.05 bits per heavy atom. The SMILES string of the molecule is CC1CCC(N(C)C(=O)[C@@H]2CC=CC[C@@H]2C(=O)O)CC1. The number of allylic oxidation sites excluding steroid dienone is 2. The lowest BCUT2D eigenvalue weighted by Gasteiger charge is -2.37. The van der Waals surface area contributed by atoms with Crippen molar-refractivity contribution >= 4 is 11.9 Å². The van der Waals surface area contributed by atoms with Gasteiger partial charge in [0.05, 0.1) is 11.8 Å². The minimum Gasteiger partial charge on any atom is -0.481 e. The molecule has 4 heteroatoms. The van der Waals surface area contributed by atoms with E-state index >= 15 is 0 Å². The van der Waals surface area contributed by atoms with Gasteiger partial charge in [0.1, 0.15) is 0 Å². The zero-order chi connectivity index (χ0) is 14.7. The number of nitrogens with zero attached hydrogens (tertiary/aromatic N) is 1. The predicted molar refractivity (Wildman–Crippen MR) is 77.2 cm³/mol. The molecule has 2 rings (SSSR count). The van der Waals surface area contributed by atoms with Crippen molar-refractivity contribution in [2.45, 2.75) is 51.5 Å². The molecule has 1 saturated carbocycles.